The highest BCUT2D eigenvalue weighted by Gasteiger charge is 2.38. The molecule has 2 heterocycles. The summed E-state index contributed by atoms with van der Waals surface area (Å²) in [6.45, 7) is 4.55. The summed E-state index contributed by atoms with van der Waals surface area (Å²) in [5, 5.41) is 23.9. The molecule has 4 atom stereocenters. The van der Waals surface area contributed by atoms with Gasteiger partial charge in [-0.15, -0.1) is 10.2 Å². The van der Waals surface area contributed by atoms with Gasteiger partial charge in [0.15, 0.2) is 11.4 Å². The smallest absolute Gasteiger partial charge is 0.319 e. The van der Waals surface area contributed by atoms with Gasteiger partial charge >= 0.3 is 6.03 Å². The van der Waals surface area contributed by atoms with Gasteiger partial charge < -0.3 is 29.8 Å². The fourth-order valence-corrected chi connectivity index (χ4v) is 4.98. The van der Waals surface area contributed by atoms with Gasteiger partial charge in [-0.3, -0.25) is 0 Å². The number of aliphatic hydroxyl groups is 1. The van der Waals surface area contributed by atoms with Gasteiger partial charge in [-0.05, 0) is 30.2 Å². The number of aromatic nitrogens is 3. The maximum Gasteiger partial charge on any atom is 0.319 e. The molecule has 35 heavy (non-hydrogen) atoms. The van der Waals surface area contributed by atoms with Crippen LogP contribution < -0.4 is 10.6 Å². The van der Waals surface area contributed by atoms with Gasteiger partial charge in [0.05, 0.1) is 18.8 Å². The number of anilines is 1. The average molecular weight is 498 g/mol. The van der Waals surface area contributed by atoms with Gasteiger partial charge in [-0.25, -0.2) is 4.79 Å². The molecule has 2 amide bonds. The van der Waals surface area contributed by atoms with Gasteiger partial charge in [0.2, 0.25) is 0 Å². The van der Waals surface area contributed by atoms with Crippen molar-refractivity contribution in [3.8, 4) is 0 Å². The highest BCUT2D eigenvalue weighted by atomic mass is 32.2. The Morgan fingerprint density at radius 3 is 2.46 bits per heavy atom. The molecule has 0 radical (unpaired) electrons. The number of carbonyl (C=O) groups excluding carboxylic acids is 1. The highest BCUT2D eigenvalue weighted by molar-refractivity contribution is 7.99. The third-order valence-electron chi connectivity index (χ3n) is 5.95. The Hall–Kier alpha value is -2.92. The first kappa shape index (κ1) is 25.2. The minimum absolute atomic E-state index is 0.000716. The zero-order valence-electron chi connectivity index (χ0n) is 20.0. The van der Waals surface area contributed by atoms with Crippen molar-refractivity contribution in [2.45, 2.75) is 44.1 Å². The molecule has 10 heteroatoms. The number of rotatable bonds is 8. The number of amides is 2. The molecular weight excluding hydrogens is 466 g/mol. The van der Waals surface area contributed by atoms with E-state index in [-0.39, 0.29) is 30.8 Å². The van der Waals surface area contributed by atoms with E-state index in [1.165, 1.54) is 0 Å². The van der Waals surface area contributed by atoms with Crippen LogP contribution in [0.4, 0.5) is 10.5 Å². The lowest BCUT2D eigenvalue weighted by Gasteiger charge is -2.41. The topological polar surface area (TPSA) is 111 Å². The predicted octanol–water partition coefficient (Wildman–Crippen LogP) is 4.03. The van der Waals surface area contributed by atoms with E-state index < -0.39 is 6.29 Å². The van der Waals surface area contributed by atoms with E-state index in [1.54, 1.807) is 18.1 Å². The zero-order chi connectivity index (χ0) is 24.8. The lowest BCUT2D eigenvalue weighted by atomic mass is 9.91. The van der Waals surface area contributed by atoms with Crippen molar-refractivity contribution in [3.63, 3.8) is 0 Å². The third-order valence-corrected chi connectivity index (χ3v) is 7.07. The maximum atomic E-state index is 11.8. The van der Waals surface area contributed by atoms with Crippen molar-refractivity contribution < 1.29 is 19.4 Å². The number of thioether (sulfide) groups is 1. The zero-order valence-corrected chi connectivity index (χ0v) is 20.9. The van der Waals surface area contributed by atoms with Crippen LogP contribution in [-0.4, -0.2) is 44.3 Å². The second-order valence-electron chi connectivity index (χ2n) is 8.46. The number of ether oxygens (including phenoxy) is 2. The Morgan fingerprint density at radius 2 is 1.83 bits per heavy atom. The predicted molar refractivity (Wildman–Crippen MR) is 134 cm³/mol. The number of hydrogen-bond donors (Lipinski definition) is 3. The summed E-state index contributed by atoms with van der Waals surface area (Å²) in [6, 6.07) is 15.1. The first-order valence-electron chi connectivity index (χ1n) is 11.6. The number of carbonyl (C=O) groups is 1. The Balaban J connectivity index is 1.54. The monoisotopic (exact) mass is 497 g/mol. The summed E-state index contributed by atoms with van der Waals surface area (Å²) in [4.78, 5) is 11.8. The van der Waals surface area contributed by atoms with E-state index in [0.29, 0.717) is 18.0 Å². The number of aryl methyl sites for hydroxylation is 1. The summed E-state index contributed by atoms with van der Waals surface area (Å²) < 4.78 is 14.8. The second kappa shape index (κ2) is 11.7. The molecule has 1 aliphatic heterocycles. The number of nitrogens with zero attached hydrogens (tertiary/aromatic N) is 3. The van der Waals surface area contributed by atoms with E-state index in [4.69, 9.17) is 9.47 Å². The van der Waals surface area contributed by atoms with Crippen LogP contribution in [0.25, 0.3) is 0 Å². The van der Waals surface area contributed by atoms with Crippen LogP contribution >= 0.6 is 11.8 Å². The van der Waals surface area contributed by atoms with Crippen molar-refractivity contribution in [1.82, 2.24) is 20.1 Å². The Labute approximate surface area is 209 Å². The lowest BCUT2D eigenvalue weighted by molar-refractivity contribution is -0.268. The molecule has 4 rings (SSSR count). The first-order valence-corrected chi connectivity index (χ1v) is 12.6. The average Bonchev–Trinajstić information content (AvgIpc) is 3.28. The molecule has 1 aliphatic rings. The molecule has 0 unspecified atom stereocenters. The summed E-state index contributed by atoms with van der Waals surface area (Å²) >= 11 is 1.60. The van der Waals surface area contributed by atoms with Gasteiger partial charge in [0, 0.05) is 36.5 Å². The van der Waals surface area contributed by atoms with E-state index in [2.05, 4.69) is 27.8 Å². The molecule has 1 aromatic heterocycles. The van der Waals surface area contributed by atoms with Crippen LogP contribution in [0.2, 0.25) is 0 Å². The minimum Gasteiger partial charge on any atom is -0.392 e. The minimum atomic E-state index is -0.572. The normalized spacial score (nSPS) is 22.1. The fourth-order valence-electron chi connectivity index (χ4n) is 3.93. The summed E-state index contributed by atoms with van der Waals surface area (Å²) in [5.74, 6) is 0.765. The van der Waals surface area contributed by atoms with Crippen LogP contribution in [0.1, 0.15) is 42.9 Å². The van der Waals surface area contributed by atoms with Crippen LogP contribution in [-0.2, 0) is 23.1 Å². The molecule has 0 bridgehead atoms. The van der Waals surface area contributed by atoms with E-state index in [0.717, 1.165) is 21.8 Å². The second-order valence-corrected chi connectivity index (χ2v) is 9.45. The van der Waals surface area contributed by atoms with E-state index >= 15 is 0 Å². The van der Waals surface area contributed by atoms with Crippen LogP contribution in [0.3, 0.4) is 0 Å². The van der Waals surface area contributed by atoms with E-state index in [9.17, 15) is 9.90 Å². The standard InChI is InChI=1S/C25H31N5O4S/c1-4-26-24(32)28-20-11-9-19(10-12-20)23-33-21(14-35-25-29-27-15-30(25)3)16(2)22(34-23)18-7-5-17(13-31)6-8-18/h5-12,15-16,21-23,31H,4,13-14H2,1-3H3,(H2,26,28,32)/t16-,21+,22+,23+/m0/s1. The van der Waals surface area contributed by atoms with Crippen molar-refractivity contribution in [1.29, 1.82) is 0 Å². The Bertz CT molecular complexity index is 1110. The number of urea groups is 1. The molecule has 3 N–H and O–H groups in total. The van der Waals surface area contributed by atoms with Crippen LogP contribution in [0.5, 0.6) is 0 Å². The van der Waals surface area contributed by atoms with Crippen molar-refractivity contribution >= 4 is 23.5 Å². The molecule has 1 saturated heterocycles. The van der Waals surface area contributed by atoms with Gasteiger partial charge in [0.25, 0.3) is 0 Å². The number of aliphatic hydroxyl groups excluding tert-OH is 1. The van der Waals surface area contributed by atoms with E-state index in [1.807, 2.05) is 67.1 Å². The van der Waals surface area contributed by atoms with Crippen molar-refractivity contribution in [3.05, 3.63) is 71.5 Å². The third kappa shape index (κ3) is 6.21. The molecule has 3 aromatic rings. The van der Waals surface area contributed by atoms with Crippen LogP contribution in [0.15, 0.2) is 60.0 Å². The SMILES string of the molecule is CCNC(=O)Nc1ccc([C@@H]2O[C@H](CSc3nncn3C)[C@H](C)[C@H](c3ccc(CO)cc3)O2)cc1. The molecule has 1 fully saturated rings. The molecule has 0 aliphatic carbocycles. The molecule has 9 nitrogen and oxygen atoms in total. The summed E-state index contributed by atoms with van der Waals surface area (Å²) in [6.07, 6.45) is 0.810. The molecule has 0 saturated carbocycles. The number of benzene rings is 2. The Morgan fingerprint density at radius 1 is 1.11 bits per heavy atom. The quantitative estimate of drug-likeness (QED) is 0.403. The molecule has 2 aromatic carbocycles. The largest absolute Gasteiger partial charge is 0.392 e. The van der Waals surface area contributed by atoms with Crippen LogP contribution in [0, 0.1) is 5.92 Å². The van der Waals surface area contributed by atoms with Gasteiger partial charge in [-0.1, -0.05) is 55.1 Å². The molecule has 186 valence electrons. The fraction of sp³-hybridized carbons (Fsp3) is 0.400. The summed E-state index contributed by atoms with van der Waals surface area (Å²) in [5.41, 5.74) is 3.44. The maximum absolute atomic E-state index is 11.8. The lowest BCUT2D eigenvalue weighted by Crippen LogP contribution is -2.38. The number of nitrogens with one attached hydrogen (secondary N) is 2. The van der Waals surface area contributed by atoms with Crippen molar-refractivity contribution in [2.24, 2.45) is 13.0 Å². The highest BCUT2D eigenvalue weighted by Crippen LogP contribution is 2.43. The Kier molecular flexibility index (Phi) is 8.40. The van der Waals surface area contributed by atoms with Gasteiger partial charge in [0.1, 0.15) is 6.33 Å². The molecular formula is C25H31N5O4S. The van der Waals surface area contributed by atoms with Gasteiger partial charge in [-0.2, -0.15) is 0 Å². The van der Waals surface area contributed by atoms with Crippen molar-refractivity contribution in [2.75, 3.05) is 17.6 Å². The first-order chi connectivity index (χ1) is 17.0. The number of hydrogen-bond acceptors (Lipinski definition) is 7. The molecule has 0 spiro atoms. The summed E-state index contributed by atoms with van der Waals surface area (Å²) in [7, 11) is 1.92.